The fraction of sp³-hybridized carbons (Fsp3) is 0.667. The average Bonchev–Trinajstić information content (AvgIpc) is 2.59. The van der Waals surface area contributed by atoms with Gasteiger partial charge in [-0.2, -0.15) is 0 Å². The first-order valence-electron chi connectivity index (χ1n) is 3.32. The quantitative estimate of drug-likeness (QED) is 0.436. The van der Waals surface area contributed by atoms with Crippen molar-refractivity contribution in [1.29, 1.82) is 0 Å². The number of thiol groups is 2. The zero-order valence-electron chi connectivity index (χ0n) is 5.54. The molecule has 0 saturated carbocycles. The van der Waals surface area contributed by atoms with Gasteiger partial charge in [0.15, 0.2) is 0 Å². The molecule has 56 valence electrons. The van der Waals surface area contributed by atoms with E-state index in [1.807, 2.05) is 0 Å². The third-order valence-corrected chi connectivity index (χ3v) is 7.80. The molecule has 2 heterocycles. The minimum absolute atomic E-state index is 1.36. The Morgan fingerprint density at radius 3 is 1.70 bits per heavy atom. The molecule has 0 amide bonds. The smallest absolute Gasteiger partial charge is 0.0643 e. The fourth-order valence-electron chi connectivity index (χ4n) is 0.929. The molecule has 0 N–H and O–H groups in total. The lowest BCUT2D eigenvalue weighted by atomic mass is 11.0. The van der Waals surface area contributed by atoms with Crippen molar-refractivity contribution >= 4 is 47.0 Å². The van der Waals surface area contributed by atoms with Gasteiger partial charge in [-0.25, -0.2) is 0 Å². The van der Waals surface area contributed by atoms with Crippen molar-refractivity contribution < 1.29 is 0 Å². The van der Waals surface area contributed by atoms with Crippen LogP contribution in [0.25, 0.3) is 0 Å². The van der Waals surface area contributed by atoms with E-state index >= 15 is 0 Å². The van der Waals surface area contributed by atoms with Gasteiger partial charge < -0.3 is 0 Å². The number of thioether (sulfide) groups is 2. The van der Waals surface area contributed by atoms with Gasteiger partial charge in [-0.3, -0.25) is 0 Å². The minimum atomic E-state index is 1.36. The molecule has 2 fully saturated rings. The van der Waals surface area contributed by atoms with Gasteiger partial charge in [0.05, 0.1) is 0 Å². The predicted molar refractivity (Wildman–Crippen MR) is 59.2 cm³/mol. The Morgan fingerprint density at radius 2 is 1.40 bits per heavy atom. The first-order chi connectivity index (χ1) is 4.97. The summed E-state index contributed by atoms with van der Waals surface area (Å²) in [5.41, 5.74) is 0. The summed E-state index contributed by atoms with van der Waals surface area (Å²) < 4.78 is 3.37. The average molecular weight is 210 g/mol. The molecule has 0 aromatic carbocycles. The third kappa shape index (κ3) is 1.65. The first-order valence-corrected chi connectivity index (χ1v) is 7.45. The highest BCUT2D eigenvalue weighted by atomic mass is 32.2. The molecule has 0 bridgehead atoms. The molecule has 0 aromatic rings. The van der Waals surface area contributed by atoms with Gasteiger partial charge in [-0.1, -0.05) is 23.5 Å². The van der Waals surface area contributed by atoms with E-state index in [0.717, 1.165) is 0 Å². The monoisotopic (exact) mass is 210 g/mol. The van der Waals surface area contributed by atoms with Crippen molar-refractivity contribution in [2.75, 3.05) is 23.0 Å². The molecule has 0 atom stereocenters. The maximum absolute atomic E-state index is 2.08. The van der Waals surface area contributed by atoms with Crippen LogP contribution < -0.4 is 0 Å². The van der Waals surface area contributed by atoms with Crippen LogP contribution >= 0.6 is 23.5 Å². The van der Waals surface area contributed by atoms with E-state index in [9.17, 15) is 0 Å². The van der Waals surface area contributed by atoms with Crippen LogP contribution in [0.3, 0.4) is 0 Å². The normalized spacial score (nSPS) is 33.6. The Kier molecular flexibility index (Phi) is 2.87. The summed E-state index contributed by atoms with van der Waals surface area (Å²) in [7, 11) is 0. The Bertz CT molecular complexity index is 129. The second-order valence-electron chi connectivity index (χ2n) is 2.07. The Morgan fingerprint density at radius 1 is 0.900 bits per heavy atom. The zero-order valence-corrected chi connectivity index (χ0v) is 8.96. The van der Waals surface area contributed by atoms with Crippen molar-refractivity contribution in [2.24, 2.45) is 0 Å². The molecular weight excluding hydrogens is 200 g/mol. The number of hydrogen-bond donors (Lipinski definition) is 0. The van der Waals surface area contributed by atoms with E-state index < -0.39 is 0 Å². The van der Waals surface area contributed by atoms with Crippen LogP contribution in [-0.4, -0.2) is 23.0 Å². The van der Waals surface area contributed by atoms with E-state index in [4.69, 9.17) is 0 Å². The molecule has 2 aliphatic heterocycles. The summed E-state index contributed by atoms with van der Waals surface area (Å²) >= 11 is 7.36. The molecule has 2 saturated heterocycles. The van der Waals surface area contributed by atoms with Gasteiger partial charge in [-0.05, 0) is 0 Å². The van der Waals surface area contributed by atoms with Crippen LogP contribution in [0.1, 0.15) is 0 Å². The molecule has 2 rings (SSSR count). The molecule has 4 heteroatoms. The van der Waals surface area contributed by atoms with E-state index in [2.05, 4.69) is 23.5 Å². The van der Waals surface area contributed by atoms with Gasteiger partial charge in [0.25, 0.3) is 0 Å². The third-order valence-electron chi connectivity index (χ3n) is 1.35. The van der Waals surface area contributed by atoms with E-state index in [1.54, 1.807) is 32.0 Å². The Labute approximate surface area is 78.4 Å². The van der Waals surface area contributed by atoms with Crippen LogP contribution in [0.5, 0.6) is 0 Å². The van der Waals surface area contributed by atoms with Crippen molar-refractivity contribution in [3.63, 3.8) is 0 Å². The van der Waals surface area contributed by atoms with Gasteiger partial charge >= 0.3 is 0 Å². The maximum Gasteiger partial charge on any atom is 0.248 e. The summed E-state index contributed by atoms with van der Waals surface area (Å²) in [4.78, 5) is 0. The van der Waals surface area contributed by atoms with Gasteiger partial charge in [0, 0.05) is 35.0 Å². The van der Waals surface area contributed by atoms with E-state index in [-0.39, 0.29) is 0 Å². The van der Waals surface area contributed by atoms with Gasteiger partial charge in [-0.15, -0.1) is 0 Å². The van der Waals surface area contributed by atoms with Gasteiger partial charge in [0.2, 0.25) is 8.47 Å². The molecule has 0 unspecified atom stereocenters. The lowest BCUT2D eigenvalue weighted by Crippen LogP contribution is -1.82. The van der Waals surface area contributed by atoms with Crippen LogP contribution in [0, 0.1) is 0 Å². The predicted octanol–water partition coefficient (Wildman–Crippen LogP) is 1.24. The number of rotatable bonds is 0. The van der Waals surface area contributed by atoms with Crippen molar-refractivity contribution in [2.45, 2.75) is 0 Å². The highest BCUT2D eigenvalue weighted by Crippen LogP contribution is 2.37. The Balaban J connectivity index is 2.10. The van der Waals surface area contributed by atoms with Crippen LogP contribution in [-0.2, 0) is 23.5 Å². The molecule has 0 spiro atoms. The lowest BCUT2D eigenvalue weighted by molar-refractivity contribution is 1.58. The van der Waals surface area contributed by atoms with Crippen LogP contribution in [0.2, 0.25) is 0 Å². The second kappa shape index (κ2) is 3.70. The van der Waals surface area contributed by atoms with Crippen molar-refractivity contribution in [3.05, 3.63) is 8.47 Å². The van der Waals surface area contributed by atoms with Crippen LogP contribution in [0.15, 0.2) is 8.47 Å². The van der Waals surface area contributed by atoms with Crippen molar-refractivity contribution in [3.8, 4) is 0 Å². The number of hydrogen-bond acceptors (Lipinski definition) is 2. The standard InChI is InChI=1S/C6H8S4/c1-2-8-5(7-1)6-9-3-4-10-6/h1-4H2/p+2. The molecular formula is C6H10S4+2. The van der Waals surface area contributed by atoms with Crippen LogP contribution in [0.4, 0.5) is 0 Å². The largest absolute Gasteiger partial charge is 0.248 e. The minimum Gasteiger partial charge on any atom is -0.0643 e. The van der Waals surface area contributed by atoms with Crippen molar-refractivity contribution in [1.82, 2.24) is 0 Å². The molecule has 0 radical (unpaired) electrons. The van der Waals surface area contributed by atoms with E-state index in [1.165, 1.54) is 23.0 Å². The highest BCUT2D eigenvalue weighted by Gasteiger charge is 2.30. The van der Waals surface area contributed by atoms with Gasteiger partial charge in [0.1, 0.15) is 11.5 Å². The highest BCUT2D eigenvalue weighted by molar-refractivity contribution is 8.23. The molecule has 10 heavy (non-hydrogen) atoms. The lowest BCUT2D eigenvalue weighted by Gasteiger charge is -1.83. The topological polar surface area (TPSA) is 0 Å². The molecule has 0 aromatic heterocycles. The molecule has 2 aliphatic rings. The van der Waals surface area contributed by atoms with E-state index in [0.29, 0.717) is 0 Å². The summed E-state index contributed by atoms with van der Waals surface area (Å²) in [6.07, 6.45) is 0. The SMILES string of the molecule is C1C[SH+]/C(=C2/SCC[SH+]2)S1. The molecule has 0 aliphatic carbocycles. The summed E-state index contributed by atoms with van der Waals surface area (Å²) in [5.74, 6) is 5.49. The fourth-order valence-corrected chi connectivity index (χ4v) is 7.08. The zero-order chi connectivity index (χ0) is 6.81. The maximum atomic E-state index is 2.08. The summed E-state index contributed by atoms with van der Waals surface area (Å²) in [5, 5.41) is 0. The second-order valence-corrected chi connectivity index (χ2v) is 7.31. The first kappa shape index (κ1) is 7.77. The summed E-state index contributed by atoms with van der Waals surface area (Å²) in [6.45, 7) is 0. The Hall–Kier alpha value is 1.14. The molecule has 0 nitrogen and oxygen atoms in total. The summed E-state index contributed by atoms with van der Waals surface area (Å²) in [6, 6.07) is 0.